The fraction of sp³-hybridized carbons (Fsp3) is 0.250. The van der Waals surface area contributed by atoms with Crippen molar-refractivity contribution in [2.75, 3.05) is 31.6 Å². The lowest BCUT2D eigenvalue weighted by Crippen LogP contribution is -2.40. The highest BCUT2D eigenvalue weighted by molar-refractivity contribution is 7.90. The maximum absolute atomic E-state index is 12.7. The number of anilines is 1. The van der Waals surface area contributed by atoms with Crippen molar-refractivity contribution < 1.29 is 30.8 Å². The minimum Gasteiger partial charge on any atom is -0.407 e. The lowest BCUT2D eigenvalue weighted by atomic mass is 10.2. The number of benzene rings is 2. The van der Waals surface area contributed by atoms with E-state index in [0.717, 1.165) is 0 Å². The summed E-state index contributed by atoms with van der Waals surface area (Å²) >= 11 is 0. The van der Waals surface area contributed by atoms with Crippen LogP contribution in [0, 0.1) is 0 Å². The van der Waals surface area contributed by atoms with Crippen LogP contribution >= 0.6 is 0 Å². The molecule has 174 valence electrons. The number of morpholine rings is 1. The molecule has 0 unspecified atom stereocenters. The summed E-state index contributed by atoms with van der Waals surface area (Å²) in [5, 5.41) is 9.69. The average molecular weight is 493 g/mol. The van der Waals surface area contributed by atoms with Crippen LogP contribution in [0.2, 0.25) is 0 Å². The summed E-state index contributed by atoms with van der Waals surface area (Å²) in [6.07, 6.45) is 0. The molecule has 4 rings (SSSR count). The molecule has 1 N–H and O–H groups in total. The van der Waals surface area contributed by atoms with Crippen LogP contribution in [-0.4, -0.2) is 63.5 Å². The van der Waals surface area contributed by atoms with Gasteiger partial charge in [0, 0.05) is 18.7 Å². The van der Waals surface area contributed by atoms with E-state index in [4.69, 9.17) is 9.15 Å². The number of carbonyl (C=O) groups is 1. The third-order valence-electron chi connectivity index (χ3n) is 4.83. The van der Waals surface area contributed by atoms with Crippen LogP contribution in [0.1, 0.15) is 16.2 Å². The molecule has 0 aliphatic carbocycles. The van der Waals surface area contributed by atoms with Gasteiger partial charge in [-0.3, -0.25) is 10.1 Å². The molecular weight excluding hydrogens is 472 g/mol. The van der Waals surface area contributed by atoms with Crippen LogP contribution in [0.4, 0.5) is 6.01 Å². The van der Waals surface area contributed by atoms with Gasteiger partial charge in [0.05, 0.1) is 23.0 Å². The molecule has 2 aromatic carbocycles. The van der Waals surface area contributed by atoms with E-state index < -0.39 is 31.5 Å². The molecule has 0 spiro atoms. The minimum atomic E-state index is -3.69. The second-order valence-corrected chi connectivity index (χ2v) is 11.0. The first kappa shape index (κ1) is 23.0. The zero-order valence-corrected chi connectivity index (χ0v) is 18.9. The molecule has 1 aliphatic heterocycles. The van der Waals surface area contributed by atoms with Gasteiger partial charge in [-0.1, -0.05) is 23.3 Å². The van der Waals surface area contributed by atoms with Gasteiger partial charge in [-0.05, 0) is 36.4 Å². The molecule has 13 heteroatoms. The van der Waals surface area contributed by atoms with E-state index in [9.17, 15) is 21.6 Å². The molecule has 1 aliphatic rings. The molecule has 2 heterocycles. The first-order chi connectivity index (χ1) is 15.8. The Hall–Kier alpha value is -3.13. The summed E-state index contributed by atoms with van der Waals surface area (Å²) < 4.78 is 61.9. The Kier molecular flexibility index (Phi) is 6.56. The first-order valence-electron chi connectivity index (χ1n) is 9.85. The van der Waals surface area contributed by atoms with Crippen molar-refractivity contribution in [3.05, 3.63) is 66.1 Å². The Morgan fingerprint density at radius 3 is 2.24 bits per heavy atom. The quantitative estimate of drug-likeness (QED) is 0.515. The van der Waals surface area contributed by atoms with Crippen molar-refractivity contribution in [1.82, 2.24) is 14.5 Å². The summed E-state index contributed by atoms with van der Waals surface area (Å²) in [6, 6.07) is 12.9. The van der Waals surface area contributed by atoms with E-state index in [2.05, 4.69) is 15.5 Å². The van der Waals surface area contributed by atoms with Gasteiger partial charge in [0.25, 0.3) is 5.91 Å². The molecule has 1 amide bonds. The third-order valence-corrected chi connectivity index (χ3v) is 8.36. The number of nitrogens with zero attached hydrogens (tertiary/aromatic N) is 3. The minimum absolute atomic E-state index is 0.0622. The normalized spacial score (nSPS) is 15.3. The van der Waals surface area contributed by atoms with Crippen molar-refractivity contribution in [3.8, 4) is 0 Å². The van der Waals surface area contributed by atoms with Crippen molar-refractivity contribution in [3.63, 3.8) is 0 Å². The van der Waals surface area contributed by atoms with E-state index in [0.29, 0.717) is 13.2 Å². The molecule has 1 aromatic heterocycles. The predicted octanol–water partition coefficient (Wildman–Crippen LogP) is 1.32. The Labute approximate surface area is 190 Å². The highest BCUT2D eigenvalue weighted by atomic mass is 32.2. The van der Waals surface area contributed by atoms with Gasteiger partial charge in [0.1, 0.15) is 5.75 Å². The van der Waals surface area contributed by atoms with Crippen LogP contribution in [-0.2, 0) is 30.4 Å². The molecular formula is C20H20N4O7S2. The van der Waals surface area contributed by atoms with Gasteiger partial charge in [-0.15, -0.1) is 5.10 Å². The number of hydrogen-bond acceptors (Lipinski definition) is 9. The second kappa shape index (κ2) is 9.39. The Morgan fingerprint density at radius 1 is 0.909 bits per heavy atom. The number of nitrogens with one attached hydrogen (secondary N) is 1. The fourth-order valence-corrected chi connectivity index (χ4v) is 5.71. The molecule has 0 bridgehead atoms. The maximum Gasteiger partial charge on any atom is 0.322 e. The summed E-state index contributed by atoms with van der Waals surface area (Å²) in [5.74, 6) is -1.32. The Morgan fingerprint density at radius 2 is 1.58 bits per heavy atom. The summed E-state index contributed by atoms with van der Waals surface area (Å²) in [7, 11) is -7.36. The number of hydrogen-bond donors (Lipinski definition) is 1. The van der Waals surface area contributed by atoms with E-state index in [1.165, 1.54) is 40.7 Å². The second-order valence-electron chi connectivity index (χ2n) is 7.07. The number of amides is 1. The van der Waals surface area contributed by atoms with Crippen LogP contribution in [0.5, 0.6) is 0 Å². The molecule has 1 fully saturated rings. The summed E-state index contributed by atoms with van der Waals surface area (Å²) in [5.41, 5.74) is 0.160. The van der Waals surface area contributed by atoms with Crippen LogP contribution < -0.4 is 5.32 Å². The highest BCUT2D eigenvalue weighted by Gasteiger charge is 2.26. The van der Waals surface area contributed by atoms with Crippen LogP contribution in [0.15, 0.2) is 68.8 Å². The van der Waals surface area contributed by atoms with Gasteiger partial charge in [-0.25, -0.2) is 16.8 Å². The van der Waals surface area contributed by atoms with Gasteiger partial charge >= 0.3 is 6.01 Å². The monoisotopic (exact) mass is 492 g/mol. The molecule has 1 saturated heterocycles. The summed E-state index contributed by atoms with van der Waals surface area (Å²) in [6.45, 7) is 1.20. The molecule has 0 saturated carbocycles. The highest BCUT2D eigenvalue weighted by Crippen LogP contribution is 2.19. The van der Waals surface area contributed by atoms with Crippen molar-refractivity contribution in [2.24, 2.45) is 0 Å². The molecule has 11 nitrogen and oxygen atoms in total. The zero-order valence-electron chi connectivity index (χ0n) is 17.2. The topological polar surface area (TPSA) is 149 Å². The number of aromatic nitrogens is 2. The average Bonchev–Trinajstić information content (AvgIpc) is 3.26. The SMILES string of the molecule is O=C(Nc1nnc(CS(=O)(=O)c2ccccc2)o1)c1ccc(S(=O)(=O)N2CCOCC2)cc1. The van der Waals surface area contributed by atoms with E-state index in [-0.39, 0.29) is 40.3 Å². The lowest BCUT2D eigenvalue weighted by Gasteiger charge is -2.26. The van der Waals surface area contributed by atoms with Gasteiger partial charge in [0.2, 0.25) is 15.9 Å². The zero-order chi connectivity index (χ0) is 23.5. The Balaban J connectivity index is 1.41. The van der Waals surface area contributed by atoms with Gasteiger partial charge < -0.3 is 9.15 Å². The molecule has 33 heavy (non-hydrogen) atoms. The first-order valence-corrected chi connectivity index (χ1v) is 12.9. The lowest BCUT2D eigenvalue weighted by molar-refractivity contribution is 0.0730. The van der Waals surface area contributed by atoms with E-state index in [1.807, 2.05) is 0 Å². The number of sulfone groups is 1. The van der Waals surface area contributed by atoms with Crippen molar-refractivity contribution >= 4 is 31.8 Å². The van der Waals surface area contributed by atoms with Gasteiger partial charge in [-0.2, -0.15) is 4.31 Å². The third kappa shape index (κ3) is 5.27. The maximum atomic E-state index is 12.7. The number of ether oxygens (including phenoxy) is 1. The fourth-order valence-electron chi connectivity index (χ4n) is 3.12. The number of sulfonamides is 1. The van der Waals surface area contributed by atoms with Crippen LogP contribution in [0.25, 0.3) is 0 Å². The molecule has 0 radical (unpaired) electrons. The number of carbonyl (C=O) groups excluding carboxylic acids is 1. The predicted molar refractivity (Wildman–Crippen MR) is 116 cm³/mol. The molecule has 0 atom stereocenters. The van der Waals surface area contributed by atoms with E-state index >= 15 is 0 Å². The van der Waals surface area contributed by atoms with Crippen LogP contribution in [0.3, 0.4) is 0 Å². The van der Waals surface area contributed by atoms with Gasteiger partial charge in [0.15, 0.2) is 9.84 Å². The largest absolute Gasteiger partial charge is 0.407 e. The van der Waals surface area contributed by atoms with Crippen molar-refractivity contribution in [2.45, 2.75) is 15.5 Å². The molecule has 3 aromatic rings. The number of rotatable bonds is 7. The van der Waals surface area contributed by atoms with Crippen molar-refractivity contribution in [1.29, 1.82) is 0 Å². The standard InChI is InChI=1S/C20H20N4O7S2/c25-19(15-6-8-17(9-7-15)33(28,29)24-10-12-30-13-11-24)21-20-23-22-18(31-20)14-32(26,27)16-4-2-1-3-5-16/h1-9H,10-14H2,(H,21,23,25). The Bertz CT molecular complexity index is 1330. The summed E-state index contributed by atoms with van der Waals surface area (Å²) in [4.78, 5) is 12.6. The smallest absolute Gasteiger partial charge is 0.322 e. The van der Waals surface area contributed by atoms with E-state index in [1.54, 1.807) is 18.2 Å².